The van der Waals surface area contributed by atoms with Crippen molar-refractivity contribution < 1.29 is 23.7 Å². The Labute approximate surface area is 236 Å². The SMILES string of the molecule is C=C1O[C@H](COCc2ccccc2)[C@H](OCc2ccccc2)[C@H](OCc2ccccc2)[C@H]1OCc1ccccc1. The minimum absolute atomic E-state index is 0.323. The molecular formula is C35H36O5. The van der Waals surface area contributed by atoms with E-state index in [1.54, 1.807) is 0 Å². The fourth-order valence-electron chi connectivity index (χ4n) is 4.76. The van der Waals surface area contributed by atoms with Crippen molar-refractivity contribution in [1.29, 1.82) is 0 Å². The van der Waals surface area contributed by atoms with E-state index in [2.05, 4.69) is 6.58 Å². The second kappa shape index (κ2) is 14.6. The number of hydrogen-bond donors (Lipinski definition) is 0. The van der Waals surface area contributed by atoms with Crippen LogP contribution in [0.1, 0.15) is 22.3 Å². The Morgan fingerprint density at radius 3 is 1.38 bits per heavy atom. The third kappa shape index (κ3) is 7.90. The van der Waals surface area contributed by atoms with E-state index in [-0.39, 0.29) is 0 Å². The molecule has 0 aliphatic carbocycles. The molecule has 5 nitrogen and oxygen atoms in total. The van der Waals surface area contributed by atoms with Gasteiger partial charge in [-0.2, -0.15) is 0 Å². The Morgan fingerprint density at radius 1 is 0.500 bits per heavy atom. The van der Waals surface area contributed by atoms with Crippen LogP contribution in [0.4, 0.5) is 0 Å². The molecule has 4 aromatic carbocycles. The van der Waals surface area contributed by atoms with Gasteiger partial charge in [-0.1, -0.05) is 128 Å². The van der Waals surface area contributed by atoms with Gasteiger partial charge >= 0.3 is 0 Å². The van der Waals surface area contributed by atoms with Crippen LogP contribution in [-0.2, 0) is 50.1 Å². The van der Waals surface area contributed by atoms with E-state index in [9.17, 15) is 0 Å². The van der Waals surface area contributed by atoms with Crippen LogP contribution >= 0.6 is 0 Å². The van der Waals surface area contributed by atoms with Gasteiger partial charge in [-0.05, 0) is 22.3 Å². The van der Waals surface area contributed by atoms with Crippen molar-refractivity contribution in [3.05, 3.63) is 156 Å². The van der Waals surface area contributed by atoms with Crippen LogP contribution in [0.5, 0.6) is 0 Å². The Balaban J connectivity index is 1.36. The minimum atomic E-state index is -0.518. The summed E-state index contributed by atoms with van der Waals surface area (Å²) in [5, 5.41) is 0. The number of hydrogen-bond acceptors (Lipinski definition) is 5. The van der Waals surface area contributed by atoms with E-state index < -0.39 is 24.4 Å². The summed E-state index contributed by atoms with van der Waals surface area (Å²) < 4.78 is 32.1. The first-order chi connectivity index (χ1) is 19.8. The molecule has 206 valence electrons. The molecule has 0 unspecified atom stereocenters. The van der Waals surface area contributed by atoms with Gasteiger partial charge in [0.2, 0.25) is 0 Å². The topological polar surface area (TPSA) is 46.2 Å². The van der Waals surface area contributed by atoms with Crippen molar-refractivity contribution in [1.82, 2.24) is 0 Å². The lowest BCUT2D eigenvalue weighted by atomic mass is 9.97. The molecule has 0 N–H and O–H groups in total. The maximum absolute atomic E-state index is 6.59. The quantitative estimate of drug-likeness (QED) is 0.187. The van der Waals surface area contributed by atoms with Crippen molar-refractivity contribution >= 4 is 0 Å². The third-order valence-electron chi connectivity index (χ3n) is 6.85. The Kier molecular flexibility index (Phi) is 10.1. The van der Waals surface area contributed by atoms with Gasteiger partial charge in [-0.15, -0.1) is 0 Å². The summed E-state index contributed by atoms with van der Waals surface area (Å²) in [6.07, 6.45) is -1.85. The zero-order chi connectivity index (χ0) is 27.4. The molecule has 1 saturated heterocycles. The van der Waals surface area contributed by atoms with Gasteiger partial charge in [0.1, 0.15) is 24.1 Å². The maximum atomic E-state index is 6.59. The van der Waals surface area contributed by atoms with Crippen LogP contribution < -0.4 is 0 Å². The summed E-state index contributed by atoms with van der Waals surface area (Å²) in [4.78, 5) is 0. The predicted molar refractivity (Wildman–Crippen MR) is 155 cm³/mol. The molecule has 0 saturated carbocycles. The van der Waals surface area contributed by atoms with Gasteiger partial charge in [0.25, 0.3) is 0 Å². The van der Waals surface area contributed by atoms with Gasteiger partial charge in [-0.3, -0.25) is 0 Å². The highest BCUT2D eigenvalue weighted by molar-refractivity contribution is 5.17. The summed E-state index contributed by atoms with van der Waals surface area (Å²) in [5.74, 6) is 0.516. The molecular weight excluding hydrogens is 500 g/mol. The Hall–Kier alpha value is -3.74. The van der Waals surface area contributed by atoms with Gasteiger partial charge in [0.15, 0.2) is 6.10 Å². The van der Waals surface area contributed by atoms with Crippen molar-refractivity contribution in [2.24, 2.45) is 0 Å². The van der Waals surface area contributed by atoms with Gasteiger partial charge < -0.3 is 23.7 Å². The van der Waals surface area contributed by atoms with Crippen molar-refractivity contribution in [3.63, 3.8) is 0 Å². The summed E-state index contributed by atoms with van der Waals surface area (Å²) in [7, 11) is 0. The van der Waals surface area contributed by atoms with E-state index in [1.807, 2.05) is 121 Å². The molecule has 40 heavy (non-hydrogen) atoms. The molecule has 5 rings (SSSR count). The highest BCUT2D eigenvalue weighted by Gasteiger charge is 2.46. The lowest BCUT2D eigenvalue weighted by Gasteiger charge is -2.43. The molecule has 1 aliphatic heterocycles. The van der Waals surface area contributed by atoms with E-state index in [0.29, 0.717) is 38.8 Å². The first-order valence-corrected chi connectivity index (χ1v) is 13.7. The lowest BCUT2D eigenvalue weighted by molar-refractivity contribution is -0.223. The molecule has 1 heterocycles. The summed E-state index contributed by atoms with van der Waals surface area (Å²) in [6, 6.07) is 40.4. The van der Waals surface area contributed by atoms with Crippen molar-refractivity contribution in [2.75, 3.05) is 6.61 Å². The normalized spacial score (nSPS) is 20.6. The molecule has 0 bridgehead atoms. The average molecular weight is 537 g/mol. The first kappa shape index (κ1) is 27.8. The molecule has 0 radical (unpaired) electrons. The zero-order valence-corrected chi connectivity index (χ0v) is 22.6. The van der Waals surface area contributed by atoms with Crippen LogP contribution in [0, 0.1) is 0 Å². The fraction of sp³-hybridized carbons (Fsp3) is 0.257. The van der Waals surface area contributed by atoms with Crippen LogP contribution in [0.15, 0.2) is 134 Å². The predicted octanol–water partition coefficient (Wildman–Crippen LogP) is 6.87. The van der Waals surface area contributed by atoms with Gasteiger partial charge in [0, 0.05) is 0 Å². The minimum Gasteiger partial charge on any atom is -0.487 e. The fourth-order valence-corrected chi connectivity index (χ4v) is 4.76. The molecule has 4 atom stereocenters. The monoisotopic (exact) mass is 536 g/mol. The van der Waals surface area contributed by atoms with Crippen molar-refractivity contribution in [3.8, 4) is 0 Å². The molecule has 0 spiro atoms. The second-order valence-electron chi connectivity index (χ2n) is 9.86. The zero-order valence-electron chi connectivity index (χ0n) is 22.6. The van der Waals surface area contributed by atoms with Crippen LogP contribution in [0.3, 0.4) is 0 Å². The largest absolute Gasteiger partial charge is 0.487 e. The second-order valence-corrected chi connectivity index (χ2v) is 9.86. The van der Waals surface area contributed by atoms with Crippen LogP contribution in [0.2, 0.25) is 0 Å². The maximum Gasteiger partial charge on any atom is 0.150 e. The van der Waals surface area contributed by atoms with E-state index in [1.165, 1.54) is 0 Å². The van der Waals surface area contributed by atoms with Crippen LogP contribution in [0.25, 0.3) is 0 Å². The van der Waals surface area contributed by atoms with E-state index >= 15 is 0 Å². The molecule has 4 aromatic rings. The lowest BCUT2D eigenvalue weighted by Crippen LogP contribution is -2.56. The smallest absolute Gasteiger partial charge is 0.150 e. The summed E-state index contributed by atoms with van der Waals surface area (Å²) >= 11 is 0. The first-order valence-electron chi connectivity index (χ1n) is 13.7. The van der Waals surface area contributed by atoms with Crippen molar-refractivity contribution in [2.45, 2.75) is 50.8 Å². The highest BCUT2D eigenvalue weighted by Crippen LogP contribution is 2.32. The molecule has 0 amide bonds. The number of benzene rings is 4. The molecule has 5 heteroatoms. The molecule has 0 aromatic heterocycles. The van der Waals surface area contributed by atoms with Gasteiger partial charge in [0.05, 0.1) is 33.0 Å². The van der Waals surface area contributed by atoms with Crippen LogP contribution in [-0.4, -0.2) is 31.0 Å². The summed E-state index contributed by atoms with van der Waals surface area (Å²) in [6.45, 7) is 6.26. The average Bonchev–Trinajstić information content (AvgIpc) is 3.01. The van der Waals surface area contributed by atoms with Gasteiger partial charge in [-0.25, -0.2) is 0 Å². The summed E-state index contributed by atoms with van der Waals surface area (Å²) in [5.41, 5.74) is 4.30. The van der Waals surface area contributed by atoms with E-state index in [0.717, 1.165) is 22.3 Å². The molecule has 1 aliphatic rings. The molecule has 1 fully saturated rings. The third-order valence-corrected chi connectivity index (χ3v) is 6.85. The highest BCUT2D eigenvalue weighted by atomic mass is 16.6. The number of ether oxygens (including phenoxy) is 5. The Morgan fingerprint density at radius 2 is 0.900 bits per heavy atom. The Bertz CT molecular complexity index is 1280. The van der Waals surface area contributed by atoms with E-state index in [4.69, 9.17) is 23.7 Å². The standard InChI is InChI=1S/C35H36O5/c1-27-33(37-23-29-16-8-3-9-17-29)35(39-25-31-20-12-5-13-21-31)34(38-24-30-18-10-4-11-19-30)32(40-27)26-36-22-28-14-6-2-7-15-28/h2-21,32-35H,1,22-26H2/t32-,33+,34+,35-/m1/s1. The number of rotatable bonds is 13.